The van der Waals surface area contributed by atoms with E-state index in [1.807, 2.05) is 17.5 Å². The van der Waals surface area contributed by atoms with E-state index >= 15 is 0 Å². The molecule has 1 heterocycles. The van der Waals surface area contributed by atoms with E-state index in [1.54, 1.807) is 24.3 Å². The lowest BCUT2D eigenvalue weighted by Crippen LogP contribution is -2.00. The topological polar surface area (TPSA) is 12.0 Å². The first-order chi connectivity index (χ1) is 7.27. The van der Waals surface area contributed by atoms with E-state index in [1.165, 1.54) is 10.9 Å². The number of hydrogen-bond donors (Lipinski definition) is 1. The van der Waals surface area contributed by atoms with Gasteiger partial charge in [-0.2, -0.15) is 0 Å². The predicted octanol–water partition coefficient (Wildman–Crippen LogP) is 3.81. The molecule has 15 heavy (non-hydrogen) atoms. The number of nitrogens with one attached hydrogen (secondary N) is 1. The summed E-state index contributed by atoms with van der Waals surface area (Å²) in [5, 5.41) is 5.26. The van der Waals surface area contributed by atoms with Crippen LogP contribution >= 0.6 is 11.3 Å². The quantitative estimate of drug-likeness (QED) is 0.831. The zero-order valence-electron chi connectivity index (χ0n) is 8.46. The van der Waals surface area contributed by atoms with Crippen molar-refractivity contribution in [2.45, 2.75) is 13.5 Å². The number of thiophene rings is 1. The van der Waals surface area contributed by atoms with Gasteiger partial charge in [0.2, 0.25) is 0 Å². The fourth-order valence-corrected chi connectivity index (χ4v) is 2.04. The van der Waals surface area contributed by atoms with Gasteiger partial charge in [-0.05, 0) is 30.5 Å². The van der Waals surface area contributed by atoms with E-state index < -0.39 is 0 Å². The van der Waals surface area contributed by atoms with Crippen LogP contribution in [0.5, 0.6) is 0 Å². The number of benzene rings is 1. The van der Waals surface area contributed by atoms with Gasteiger partial charge in [0.25, 0.3) is 0 Å². The van der Waals surface area contributed by atoms with E-state index in [0.717, 1.165) is 12.2 Å². The number of halogens is 1. The highest BCUT2D eigenvalue weighted by Crippen LogP contribution is 2.19. The summed E-state index contributed by atoms with van der Waals surface area (Å²) >= 11 is 1.70. The molecule has 1 nitrogen and oxygen atoms in total. The Morgan fingerprint density at radius 2 is 2.13 bits per heavy atom. The van der Waals surface area contributed by atoms with Gasteiger partial charge in [0.05, 0.1) is 0 Å². The highest BCUT2D eigenvalue weighted by atomic mass is 32.1. The Hall–Kier alpha value is -1.35. The van der Waals surface area contributed by atoms with Crippen molar-refractivity contribution in [2.24, 2.45) is 0 Å². The summed E-state index contributed by atoms with van der Waals surface area (Å²) in [4.78, 5) is 1.25. The summed E-state index contributed by atoms with van der Waals surface area (Å²) in [6, 6.07) is 9.17. The van der Waals surface area contributed by atoms with Crippen LogP contribution in [0.25, 0.3) is 0 Å². The van der Waals surface area contributed by atoms with Crippen molar-refractivity contribution in [2.75, 3.05) is 5.32 Å². The first-order valence-electron chi connectivity index (χ1n) is 4.79. The summed E-state index contributed by atoms with van der Waals surface area (Å²) in [5.41, 5.74) is 1.54. The molecule has 0 unspecified atom stereocenters. The Bertz CT molecular complexity index is 437. The zero-order valence-corrected chi connectivity index (χ0v) is 9.27. The molecule has 0 amide bonds. The van der Waals surface area contributed by atoms with E-state index in [0.29, 0.717) is 5.56 Å². The van der Waals surface area contributed by atoms with E-state index in [-0.39, 0.29) is 5.82 Å². The summed E-state index contributed by atoms with van der Waals surface area (Å²) in [6.07, 6.45) is 0. The third-order valence-corrected chi connectivity index (χ3v) is 3.18. The Kier molecular flexibility index (Phi) is 3.02. The zero-order chi connectivity index (χ0) is 10.7. The van der Waals surface area contributed by atoms with Gasteiger partial charge in [-0.25, -0.2) is 4.39 Å². The minimum absolute atomic E-state index is 0.161. The third-order valence-electron chi connectivity index (χ3n) is 2.30. The van der Waals surface area contributed by atoms with Gasteiger partial charge in [0.15, 0.2) is 0 Å². The van der Waals surface area contributed by atoms with Gasteiger partial charge in [0, 0.05) is 22.7 Å². The molecule has 2 rings (SSSR count). The van der Waals surface area contributed by atoms with Crippen molar-refractivity contribution in [1.82, 2.24) is 0 Å². The normalized spacial score (nSPS) is 10.3. The first-order valence-corrected chi connectivity index (χ1v) is 5.66. The Morgan fingerprint density at radius 1 is 1.27 bits per heavy atom. The lowest BCUT2D eigenvalue weighted by Gasteiger charge is -2.08. The van der Waals surface area contributed by atoms with Gasteiger partial charge >= 0.3 is 0 Å². The molecular formula is C12H12FNS. The number of rotatable bonds is 3. The molecular weight excluding hydrogens is 209 g/mol. The van der Waals surface area contributed by atoms with Gasteiger partial charge < -0.3 is 5.32 Å². The van der Waals surface area contributed by atoms with Crippen molar-refractivity contribution in [1.29, 1.82) is 0 Å². The van der Waals surface area contributed by atoms with Crippen LogP contribution < -0.4 is 5.32 Å². The third kappa shape index (κ3) is 2.36. The van der Waals surface area contributed by atoms with Crippen LogP contribution in [0.1, 0.15) is 10.4 Å². The van der Waals surface area contributed by atoms with E-state index in [2.05, 4.69) is 11.4 Å². The molecule has 0 aliphatic rings. The summed E-state index contributed by atoms with van der Waals surface area (Å²) < 4.78 is 13.2. The molecule has 0 saturated carbocycles. The highest BCUT2D eigenvalue weighted by molar-refractivity contribution is 7.09. The van der Waals surface area contributed by atoms with Crippen LogP contribution in [0.15, 0.2) is 35.7 Å². The van der Waals surface area contributed by atoms with Crippen LogP contribution in [0.2, 0.25) is 0 Å². The van der Waals surface area contributed by atoms with Crippen LogP contribution in [-0.4, -0.2) is 0 Å². The summed E-state index contributed by atoms with van der Waals surface area (Å²) in [6.45, 7) is 2.54. The second kappa shape index (κ2) is 4.45. The molecule has 0 aliphatic carbocycles. The Morgan fingerprint density at radius 3 is 2.87 bits per heavy atom. The highest BCUT2D eigenvalue weighted by Gasteiger charge is 2.02. The Labute approximate surface area is 92.6 Å². The second-order valence-electron chi connectivity index (χ2n) is 3.35. The SMILES string of the molecule is Cc1c(F)cccc1NCc1cccs1. The molecule has 0 radical (unpaired) electrons. The average molecular weight is 221 g/mol. The van der Waals surface area contributed by atoms with Crippen LogP contribution in [-0.2, 0) is 6.54 Å². The Balaban J connectivity index is 2.08. The smallest absolute Gasteiger partial charge is 0.128 e. The monoisotopic (exact) mass is 221 g/mol. The molecule has 1 aromatic heterocycles. The van der Waals surface area contributed by atoms with Gasteiger partial charge in [-0.1, -0.05) is 12.1 Å². The minimum atomic E-state index is -0.161. The van der Waals surface area contributed by atoms with Crippen molar-refractivity contribution in [3.63, 3.8) is 0 Å². The first kappa shape index (κ1) is 10.2. The fourth-order valence-electron chi connectivity index (χ4n) is 1.39. The summed E-state index contributed by atoms with van der Waals surface area (Å²) in [7, 11) is 0. The predicted molar refractivity (Wildman–Crippen MR) is 62.8 cm³/mol. The molecule has 3 heteroatoms. The van der Waals surface area contributed by atoms with E-state index in [4.69, 9.17) is 0 Å². The molecule has 0 atom stereocenters. The molecule has 78 valence electrons. The maximum atomic E-state index is 13.2. The molecule has 0 spiro atoms. The maximum Gasteiger partial charge on any atom is 0.128 e. The van der Waals surface area contributed by atoms with Crippen molar-refractivity contribution in [3.05, 3.63) is 52.0 Å². The summed E-state index contributed by atoms with van der Waals surface area (Å²) in [5.74, 6) is -0.161. The lowest BCUT2D eigenvalue weighted by atomic mass is 10.2. The van der Waals surface area contributed by atoms with Crippen LogP contribution in [0, 0.1) is 12.7 Å². The number of anilines is 1. The van der Waals surface area contributed by atoms with Crippen molar-refractivity contribution in [3.8, 4) is 0 Å². The van der Waals surface area contributed by atoms with Crippen molar-refractivity contribution < 1.29 is 4.39 Å². The van der Waals surface area contributed by atoms with Gasteiger partial charge in [0.1, 0.15) is 5.82 Å². The standard InChI is InChI=1S/C12H12FNS/c1-9-11(13)5-2-6-12(9)14-8-10-4-3-7-15-10/h2-7,14H,8H2,1H3. The lowest BCUT2D eigenvalue weighted by molar-refractivity contribution is 0.619. The molecule has 0 aliphatic heterocycles. The second-order valence-corrected chi connectivity index (χ2v) is 4.38. The molecule has 0 bridgehead atoms. The molecule has 2 aromatic rings. The van der Waals surface area contributed by atoms with Gasteiger partial charge in [-0.3, -0.25) is 0 Å². The molecule has 0 saturated heterocycles. The molecule has 1 aromatic carbocycles. The minimum Gasteiger partial charge on any atom is -0.380 e. The maximum absolute atomic E-state index is 13.2. The number of hydrogen-bond acceptors (Lipinski definition) is 2. The fraction of sp³-hybridized carbons (Fsp3) is 0.167. The average Bonchev–Trinajstić information content (AvgIpc) is 2.73. The van der Waals surface area contributed by atoms with Crippen LogP contribution in [0.4, 0.5) is 10.1 Å². The molecule has 0 fully saturated rings. The van der Waals surface area contributed by atoms with Crippen LogP contribution in [0.3, 0.4) is 0 Å². The molecule has 1 N–H and O–H groups in total. The van der Waals surface area contributed by atoms with Crippen molar-refractivity contribution >= 4 is 17.0 Å². The van der Waals surface area contributed by atoms with E-state index in [9.17, 15) is 4.39 Å². The largest absolute Gasteiger partial charge is 0.380 e. The van der Waals surface area contributed by atoms with Gasteiger partial charge in [-0.15, -0.1) is 11.3 Å².